The first-order valence-corrected chi connectivity index (χ1v) is 9.38. The third-order valence-corrected chi connectivity index (χ3v) is 5.33. The number of piperidine rings is 1. The Bertz CT molecular complexity index is 826. The van der Waals surface area contributed by atoms with Crippen molar-refractivity contribution in [3.05, 3.63) is 66.4 Å². The van der Waals surface area contributed by atoms with Crippen LogP contribution in [0, 0.1) is 0 Å². The first kappa shape index (κ1) is 17.0. The molecule has 1 aliphatic heterocycles. The van der Waals surface area contributed by atoms with E-state index < -0.39 is 0 Å². The molecule has 0 spiro atoms. The number of benzene rings is 2. The van der Waals surface area contributed by atoms with Crippen LogP contribution in [0.4, 0.5) is 0 Å². The molecule has 4 heteroatoms. The highest BCUT2D eigenvalue weighted by molar-refractivity contribution is 5.69. The molecule has 0 radical (unpaired) electrons. The van der Waals surface area contributed by atoms with Crippen LogP contribution in [0.15, 0.2) is 60.8 Å². The maximum atomic E-state index is 9.65. The number of nitrogens with zero attached hydrogens (tertiary/aromatic N) is 2. The van der Waals surface area contributed by atoms with Crippen LogP contribution in [0.1, 0.15) is 24.8 Å². The monoisotopic (exact) mass is 347 g/mol. The fourth-order valence-corrected chi connectivity index (χ4v) is 3.83. The smallest absolute Gasteiger partial charge is 0.0695 e. The Kier molecular flexibility index (Phi) is 5.14. The average molecular weight is 347 g/mol. The van der Waals surface area contributed by atoms with Gasteiger partial charge in [-0.05, 0) is 36.1 Å². The van der Waals surface area contributed by atoms with Crippen molar-refractivity contribution in [2.75, 3.05) is 13.2 Å². The molecule has 26 heavy (non-hydrogen) atoms. The molecule has 1 fully saturated rings. The van der Waals surface area contributed by atoms with E-state index in [4.69, 9.17) is 0 Å². The number of aromatic nitrogens is 2. The lowest BCUT2D eigenvalue weighted by molar-refractivity contribution is 0.0842. The molecule has 3 aromatic rings. The molecule has 1 atom stereocenters. The largest absolute Gasteiger partial charge is 0.395 e. The lowest BCUT2D eigenvalue weighted by Crippen LogP contribution is -2.41. The van der Waals surface area contributed by atoms with Gasteiger partial charge in [0.15, 0.2) is 0 Å². The van der Waals surface area contributed by atoms with E-state index in [-0.39, 0.29) is 12.6 Å². The maximum Gasteiger partial charge on any atom is 0.0695 e. The molecule has 134 valence electrons. The normalized spacial score (nSPS) is 18.1. The Morgan fingerprint density at radius 3 is 2.46 bits per heavy atom. The van der Waals surface area contributed by atoms with Gasteiger partial charge in [0.05, 0.1) is 18.5 Å². The molecule has 4 nitrogen and oxygen atoms in total. The van der Waals surface area contributed by atoms with Crippen LogP contribution in [-0.2, 0) is 6.54 Å². The van der Waals surface area contributed by atoms with E-state index in [9.17, 15) is 5.11 Å². The predicted molar refractivity (Wildman–Crippen MR) is 105 cm³/mol. The molecule has 0 unspecified atom stereocenters. The minimum absolute atomic E-state index is 0.235. The molecule has 0 amide bonds. The number of hydrogen-bond donors (Lipinski definition) is 2. The zero-order valence-electron chi connectivity index (χ0n) is 14.9. The van der Waals surface area contributed by atoms with Crippen molar-refractivity contribution >= 4 is 0 Å². The minimum Gasteiger partial charge on any atom is -0.395 e. The number of aliphatic hydroxyl groups excluding tert-OH is 1. The van der Waals surface area contributed by atoms with Crippen LogP contribution < -0.4 is 0 Å². The predicted octanol–water partition coefficient (Wildman–Crippen LogP) is 4.09. The van der Waals surface area contributed by atoms with Gasteiger partial charge in [-0.1, -0.05) is 61.0 Å². The Morgan fingerprint density at radius 1 is 0.962 bits per heavy atom. The molecule has 0 aliphatic carbocycles. The van der Waals surface area contributed by atoms with Gasteiger partial charge in [-0.3, -0.25) is 10.00 Å². The van der Waals surface area contributed by atoms with E-state index >= 15 is 0 Å². The molecule has 1 aromatic heterocycles. The van der Waals surface area contributed by atoms with Crippen LogP contribution in [-0.4, -0.2) is 39.4 Å². The van der Waals surface area contributed by atoms with E-state index in [0.29, 0.717) is 0 Å². The van der Waals surface area contributed by atoms with E-state index in [0.717, 1.165) is 30.8 Å². The van der Waals surface area contributed by atoms with Gasteiger partial charge < -0.3 is 5.11 Å². The van der Waals surface area contributed by atoms with Crippen LogP contribution in [0.25, 0.3) is 22.4 Å². The Morgan fingerprint density at radius 2 is 1.69 bits per heavy atom. The quantitative estimate of drug-likeness (QED) is 0.731. The summed E-state index contributed by atoms with van der Waals surface area (Å²) < 4.78 is 0. The van der Waals surface area contributed by atoms with Gasteiger partial charge >= 0.3 is 0 Å². The van der Waals surface area contributed by atoms with Crippen molar-refractivity contribution in [2.24, 2.45) is 0 Å². The topological polar surface area (TPSA) is 52.1 Å². The summed E-state index contributed by atoms with van der Waals surface area (Å²) in [4.78, 5) is 2.39. The molecular formula is C22H25N3O. The third kappa shape index (κ3) is 3.57. The second-order valence-electron chi connectivity index (χ2n) is 7.02. The number of H-pyrrole nitrogens is 1. The van der Waals surface area contributed by atoms with E-state index in [1.165, 1.54) is 29.5 Å². The molecule has 0 saturated carbocycles. The number of rotatable bonds is 5. The summed E-state index contributed by atoms with van der Waals surface area (Å²) in [5.74, 6) is 0. The first-order chi connectivity index (χ1) is 12.8. The van der Waals surface area contributed by atoms with Crippen molar-refractivity contribution in [3.8, 4) is 22.4 Å². The maximum absolute atomic E-state index is 9.65. The molecular weight excluding hydrogens is 322 g/mol. The number of nitrogens with one attached hydrogen (secondary N) is 1. The first-order valence-electron chi connectivity index (χ1n) is 9.38. The standard InChI is InChI=1S/C22H25N3O/c26-16-21-8-4-5-13-25(21)15-20-14-23-24-22(20)19-11-9-18(10-12-19)17-6-2-1-3-7-17/h1-3,6-7,9-12,14,21,26H,4-5,8,13,15-16H2,(H,23,24)/t21-/m0/s1. The zero-order chi connectivity index (χ0) is 17.8. The molecule has 0 bridgehead atoms. The summed E-state index contributed by atoms with van der Waals surface area (Å²) in [6.07, 6.45) is 5.41. The van der Waals surface area contributed by atoms with Crippen molar-refractivity contribution in [1.29, 1.82) is 0 Å². The number of aromatic amines is 1. The Balaban J connectivity index is 1.55. The highest BCUT2D eigenvalue weighted by Gasteiger charge is 2.23. The van der Waals surface area contributed by atoms with Crippen molar-refractivity contribution < 1.29 is 5.11 Å². The average Bonchev–Trinajstić information content (AvgIpc) is 3.17. The molecule has 2 heterocycles. The molecule has 4 rings (SSSR count). The highest BCUT2D eigenvalue weighted by atomic mass is 16.3. The Labute approximate surface area is 154 Å². The summed E-state index contributed by atoms with van der Waals surface area (Å²) in [5, 5.41) is 17.1. The summed E-state index contributed by atoms with van der Waals surface area (Å²) in [5.41, 5.74) is 5.86. The Hall–Kier alpha value is -2.43. The molecule has 1 aliphatic rings. The minimum atomic E-state index is 0.235. The fraction of sp³-hybridized carbons (Fsp3) is 0.318. The van der Waals surface area contributed by atoms with Gasteiger partial charge in [-0.2, -0.15) is 5.10 Å². The summed E-state index contributed by atoms with van der Waals surface area (Å²) in [7, 11) is 0. The zero-order valence-corrected chi connectivity index (χ0v) is 14.9. The number of hydrogen-bond acceptors (Lipinski definition) is 3. The van der Waals surface area contributed by atoms with Crippen LogP contribution >= 0.6 is 0 Å². The summed E-state index contributed by atoms with van der Waals surface area (Å²) >= 11 is 0. The fourth-order valence-electron chi connectivity index (χ4n) is 3.83. The van der Waals surface area contributed by atoms with Crippen LogP contribution in [0.5, 0.6) is 0 Å². The van der Waals surface area contributed by atoms with Gasteiger partial charge in [0.2, 0.25) is 0 Å². The van der Waals surface area contributed by atoms with E-state index in [1.54, 1.807) is 0 Å². The number of aliphatic hydroxyl groups is 1. The molecule has 2 aromatic carbocycles. The lowest BCUT2D eigenvalue weighted by Gasteiger charge is -2.34. The third-order valence-electron chi connectivity index (χ3n) is 5.33. The lowest BCUT2D eigenvalue weighted by atomic mass is 9.99. The van der Waals surface area contributed by atoms with Crippen LogP contribution in [0.2, 0.25) is 0 Å². The SMILES string of the molecule is OC[C@@H]1CCCCN1Cc1cn[nH]c1-c1ccc(-c2ccccc2)cc1. The number of likely N-dealkylation sites (tertiary alicyclic amines) is 1. The van der Waals surface area contributed by atoms with Crippen molar-refractivity contribution in [1.82, 2.24) is 15.1 Å². The highest BCUT2D eigenvalue weighted by Crippen LogP contribution is 2.28. The van der Waals surface area contributed by atoms with E-state index in [2.05, 4.69) is 63.6 Å². The summed E-state index contributed by atoms with van der Waals surface area (Å²) in [6.45, 7) is 2.11. The second-order valence-corrected chi connectivity index (χ2v) is 7.02. The van der Waals surface area contributed by atoms with Crippen molar-refractivity contribution in [2.45, 2.75) is 31.8 Å². The second kappa shape index (κ2) is 7.85. The van der Waals surface area contributed by atoms with E-state index in [1.807, 2.05) is 12.3 Å². The molecule has 1 saturated heterocycles. The van der Waals surface area contributed by atoms with Gasteiger partial charge in [0, 0.05) is 18.2 Å². The summed E-state index contributed by atoms with van der Waals surface area (Å²) in [6, 6.07) is 19.3. The van der Waals surface area contributed by atoms with Gasteiger partial charge in [0.25, 0.3) is 0 Å². The van der Waals surface area contributed by atoms with Crippen LogP contribution in [0.3, 0.4) is 0 Å². The van der Waals surface area contributed by atoms with Crippen molar-refractivity contribution in [3.63, 3.8) is 0 Å². The van der Waals surface area contributed by atoms with Gasteiger partial charge in [0.1, 0.15) is 0 Å². The van der Waals surface area contributed by atoms with Gasteiger partial charge in [-0.25, -0.2) is 0 Å². The van der Waals surface area contributed by atoms with Gasteiger partial charge in [-0.15, -0.1) is 0 Å². The molecule has 2 N–H and O–H groups in total.